The fraction of sp³-hybridized carbons (Fsp3) is 0.900. The number of rotatable bonds is 15. The molecule has 0 aliphatic carbocycles. The molecule has 0 unspecified atom stereocenters. The predicted molar refractivity (Wildman–Crippen MR) is 98.5 cm³/mol. The Labute approximate surface area is 144 Å². The van der Waals surface area contributed by atoms with E-state index in [-0.39, 0.29) is 11.8 Å². The summed E-state index contributed by atoms with van der Waals surface area (Å²) in [4.78, 5) is 23.0. The minimum Gasteiger partial charge on any atom is -0.356 e. The van der Waals surface area contributed by atoms with Crippen molar-refractivity contribution in [3.05, 3.63) is 0 Å². The fourth-order valence-electron chi connectivity index (χ4n) is 2.52. The molecule has 3 heteroatoms. The average molecular weight is 326 g/mol. The highest BCUT2D eigenvalue weighted by Gasteiger charge is 2.05. The second kappa shape index (κ2) is 14.7. The Hall–Kier alpha value is -0.860. The van der Waals surface area contributed by atoms with Crippen molar-refractivity contribution in [2.75, 3.05) is 6.54 Å². The van der Waals surface area contributed by atoms with Crippen LogP contribution in [0.25, 0.3) is 0 Å². The van der Waals surface area contributed by atoms with Gasteiger partial charge in [-0.3, -0.25) is 9.59 Å². The van der Waals surface area contributed by atoms with Crippen molar-refractivity contribution in [3.63, 3.8) is 0 Å². The van der Waals surface area contributed by atoms with Gasteiger partial charge in [0.25, 0.3) is 0 Å². The summed E-state index contributed by atoms with van der Waals surface area (Å²) in [5.74, 6) is 1.34. The molecular formula is C20H39NO2. The molecule has 0 aromatic carbocycles. The number of ketones is 1. The predicted octanol–water partition coefficient (Wildman–Crippen LogP) is 5.27. The molecule has 0 aliphatic rings. The third kappa shape index (κ3) is 15.8. The average Bonchev–Trinajstić information content (AvgIpc) is 2.50. The minimum atomic E-state index is 0.197. The van der Waals surface area contributed by atoms with Crippen molar-refractivity contribution in [1.29, 1.82) is 0 Å². The van der Waals surface area contributed by atoms with E-state index < -0.39 is 0 Å². The van der Waals surface area contributed by atoms with E-state index in [0.29, 0.717) is 18.1 Å². The minimum absolute atomic E-state index is 0.197. The number of nitrogens with one attached hydrogen (secondary N) is 1. The Bertz CT molecular complexity index is 311. The zero-order valence-electron chi connectivity index (χ0n) is 16.0. The van der Waals surface area contributed by atoms with Crippen LogP contribution in [-0.2, 0) is 9.59 Å². The van der Waals surface area contributed by atoms with E-state index in [4.69, 9.17) is 0 Å². The first-order chi connectivity index (χ1) is 10.9. The molecule has 0 aromatic rings. The largest absolute Gasteiger partial charge is 0.356 e. The first-order valence-corrected chi connectivity index (χ1v) is 9.73. The van der Waals surface area contributed by atoms with E-state index in [1.165, 1.54) is 38.5 Å². The summed E-state index contributed by atoms with van der Waals surface area (Å²) >= 11 is 0. The van der Waals surface area contributed by atoms with Gasteiger partial charge in [-0.2, -0.15) is 0 Å². The van der Waals surface area contributed by atoms with Gasteiger partial charge in [0, 0.05) is 25.3 Å². The van der Waals surface area contributed by atoms with E-state index in [9.17, 15) is 9.59 Å². The number of carbonyl (C=O) groups excluding carboxylic acids is 2. The number of unbranched alkanes of at least 4 members (excludes halogenated alkanes) is 8. The fourth-order valence-corrected chi connectivity index (χ4v) is 2.52. The monoisotopic (exact) mass is 325 g/mol. The summed E-state index contributed by atoms with van der Waals surface area (Å²) in [6.07, 6.45) is 12.2. The van der Waals surface area contributed by atoms with Crippen molar-refractivity contribution in [2.24, 2.45) is 11.8 Å². The van der Waals surface area contributed by atoms with Crippen LogP contribution in [0.3, 0.4) is 0 Å². The Balaban J connectivity index is 3.22. The van der Waals surface area contributed by atoms with Gasteiger partial charge < -0.3 is 5.32 Å². The number of Topliss-reactive ketones (excluding diaryl/α,β-unsaturated/α-hetero) is 1. The molecule has 1 amide bonds. The molecular weight excluding hydrogens is 286 g/mol. The summed E-state index contributed by atoms with van der Waals surface area (Å²) in [7, 11) is 0. The van der Waals surface area contributed by atoms with Gasteiger partial charge in [-0.15, -0.1) is 0 Å². The molecule has 0 aromatic heterocycles. The highest BCUT2D eigenvalue weighted by atomic mass is 16.1. The van der Waals surface area contributed by atoms with Crippen LogP contribution in [0, 0.1) is 11.8 Å². The van der Waals surface area contributed by atoms with Crippen LogP contribution in [0.15, 0.2) is 0 Å². The summed E-state index contributed by atoms with van der Waals surface area (Å²) in [5, 5.41) is 2.96. The number of hydrogen-bond donors (Lipinski definition) is 1. The standard InChI is InChI=1S/C20H39NO2/c1-17(2)16-21-20(23)15-13-11-9-7-5-6-8-10-12-14-19(22)18(3)4/h17-18H,5-16H2,1-4H3,(H,21,23). The van der Waals surface area contributed by atoms with Crippen molar-refractivity contribution >= 4 is 11.7 Å². The van der Waals surface area contributed by atoms with Crippen molar-refractivity contribution in [1.82, 2.24) is 5.32 Å². The van der Waals surface area contributed by atoms with E-state index in [0.717, 1.165) is 32.2 Å². The third-order valence-corrected chi connectivity index (χ3v) is 4.18. The van der Waals surface area contributed by atoms with Crippen molar-refractivity contribution < 1.29 is 9.59 Å². The van der Waals surface area contributed by atoms with E-state index >= 15 is 0 Å². The lowest BCUT2D eigenvalue weighted by Gasteiger charge is -2.07. The normalized spacial score (nSPS) is 11.2. The van der Waals surface area contributed by atoms with Gasteiger partial charge in [-0.1, -0.05) is 72.6 Å². The molecule has 0 spiro atoms. The maximum absolute atomic E-state index is 11.5. The van der Waals surface area contributed by atoms with Gasteiger partial charge in [0.15, 0.2) is 0 Å². The molecule has 0 atom stereocenters. The molecule has 0 saturated carbocycles. The molecule has 0 heterocycles. The summed E-state index contributed by atoms with van der Waals surface area (Å²) in [5.41, 5.74) is 0. The Morgan fingerprint density at radius 3 is 1.57 bits per heavy atom. The van der Waals surface area contributed by atoms with Gasteiger partial charge >= 0.3 is 0 Å². The van der Waals surface area contributed by atoms with Gasteiger partial charge in [0.1, 0.15) is 5.78 Å². The molecule has 0 rings (SSSR count). The Morgan fingerprint density at radius 1 is 0.696 bits per heavy atom. The molecule has 0 fully saturated rings. The van der Waals surface area contributed by atoms with Crippen molar-refractivity contribution in [3.8, 4) is 0 Å². The van der Waals surface area contributed by atoms with Gasteiger partial charge in [0.05, 0.1) is 0 Å². The molecule has 3 nitrogen and oxygen atoms in total. The van der Waals surface area contributed by atoms with Crippen LogP contribution in [0.4, 0.5) is 0 Å². The topological polar surface area (TPSA) is 46.2 Å². The molecule has 136 valence electrons. The van der Waals surface area contributed by atoms with Crippen molar-refractivity contribution in [2.45, 2.75) is 98.3 Å². The lowest BCUT2D eigenvalue weighted by Crippen LogP contribution is -2.26. The van der Waals surface area contributed by atoms with Gasteiger partial charge in [0.2, 0.25) is 5.91 Å². The molecule has 0 saturated heterocycles. The first kappa shape index (κ1) is 22.1. The third-order valence-electron chi connectivity index (χ3n) is 4.18. The summed E-state index contributed by atoms with van der Waals surface area (Å²) in [6, 6.07) is 0. The Morgan fingerprint density at radius 2 is 1.13 bits per heavy atom. The zero-order chi connectivity index (χ0) is 17.5. The Kier molecular flexibility index (Phi) is 14.2. The maximum atomic E-state index is 11.5. The second-order valence-corrected chi connectivity index (χ2v) is 7.50. The lowest BCUT2D eigenvalue weighted by atomic mass is 10.0. The van der Waals surface area contributed by atoms with Crippen LogP contribution in [0.2, 0.25) is 0 Å². The second-order valence-electron chi connectivity index (χ2n) is 7.50. The van der Waals surface area contributed by atoms with Crippen LogP contribution >= 0.6 is 0 Å². The van der Waals surface area contributed by atoms with E-state index in [1.54, 1.807) is 0 Å². The number of amides is 1. The molecule has 1 N–H and O–H groups in total. The van der Waals surface area contributed by atoms with Crippen LogP contribution in [0.5, 0.6) is 0 Å². The number of carbonyl (C=O) groups is 2. The highest BCUT2D eigenvalue weighted by Crippen LogP contribution is 2.12. The number of hydrogen-bond acceptors (Lipinski definition) is 2. The summed E-state index contributed by atoms with van der Waals surface area (Å²) in [6.45, 7) is 8.99. The molecule has 23 heavy (non-hydrogen) atoms. The highest BCUT2D eigenvalue weighted by molar-refractivity contribution is 5.80. The smallest absolute Gasteiger partial charge is 0.220 e. The lowest BCUT2D eigenvalue weighted by molar-refractivity contribution is -0.122. The van der Waals surface area contributed by atoms with Gasteiger partial charge in [-0.25, -0.2) is 0 Å². The van der Waals surface area contributed by atoms with Gasteiger partial charge in [-0.05, 0) is 18.8 Å². The van der Waals surface area contributed by atoms with Crippen LogP contribution in [-0.4, -0.2) is 18.2 Å². The van der Waals surface area contributed by atoms with Crippen LogP contribution in [0.1, 0.15) is 98.3 Å². The maximum Gasteiger partial charge on any atom is 0.220 e. The molecule has 0 bridgehead atoms. The van der Waals surface area contributed by atoms with E-state index in [1.807, 2.05) is 13.8 Å². The van der Waals surface area contributed by atoms with Crippen LogP contribution < -0.4 is 5.32 Å². The molecule has 0 aliphatic heterocycles. The zero-order valence-corrected chi connectivity index (χ0v) is 16.0. The first-order valence-electron chi connectivity index (χ1n) is 9.73. The molecule has 0 radical (unpaired) electrons. The summed E-state index contributed by atoms with van der Waals surface area (Å²) < 4.78 is 0. The van der Waals surface area contributed by atoms with E-state index in [2.05, 4.69) is 19.2 Å². The quantitative estimate of drug-likeness (QED) is 0.417. The SMILES string of the molecule is CC(C)CNC(=O)CCCCCCCCCCCC(=O)C(C)C.